The molecule has 5 heteroatoms. The third-order valence-corrected chi connectivity index (χ3v) is 3.88. The molecule has 5 nitrogen and oxygen atoms in total. The molecule has 0 aliphatic carbocycles. The lowest BCUT2D eigenvalue weighted by Crippen LogP contribution is -2.38. The monoisotopic (exact) mass is 330 g/mol. The number of unbranched alkanes of at least 4 members (excludes halogenated alkanes) is 1. The van der Waals surface area contributed by atoms with Gasteiger partial charge in [0.25, 0.3) is 0 Å². The van der Waals surface area contributed by atoms with E-state index in [2.05, 4.69) is 58.0 Å². The highest BCUT2D eigenvalue weighted by molar-refractivity contribution is 5.83. The van der Waals surface area contributed by atoms with Gasteiger partial charge in [0.1, 0.15) is 0 Å². The Morgan fingerprint density at radius 2 is 2.04 bits per heavy atom. The first-order chi connectivity index (χ1) is 11.8. The first-order valence-corrected chi connectivity index (χ1v) is 9.00. The Morgan fingerprint density at radius 3 is 2.88 bits per heavy atom. The standard InChI is InChI=1S/C19H30N4O/c1-3-20-19(21-12-7-8-14-24-4-2)22-13-11-16-15-23-18-10-6-5-9-17(16)18/h5-6,9-10,15,23H,3-4,7-8,11-14H2,1-2H3,(H2,20,21,22). The summed E-state index contributed by atoms with van der Waals surface area (Å²) in [6, 6.07) is 8.42. The molecule has 0 spiro atoms. The van der Waals surface area contributed by atoms with Crippen molar-refractivity contribution in [2.75, 3.05) is 32.8 Å². The number of aromatic nitrogens is 1. The van der Waals surface area contributed by atoms with Crippen molar-refractivity contribution in [1.29, 1.82) is 0 Å². The SMILES string of the molecule is CCNC(=NCCCCOCC)NCCc1c[nH]c2ccccc12. The second-order valence-electron chi connectivity index (χ2n) is 5.70. The lowest BCUT2D eigenvalue weighted by Gasteiger charge is -2.11. The normalized spacial score (nSPS) is 11.8. The van der Waals surface area contributed by atoms with Gasteiger partial charge in [-0.15, -0.1) is 0 Å². The average molecular weight is 330 g/mol. The van der Waals surface area contributed by atoms with E-state index in [0.717, 1.165) is 58.1 Å². The van der Waals surface area contributed by atoms with E-state index < -0.39 is 0 Å². The number of nitrogens with one attached hydrogen (secondary N) is 3. The van der Waals surface area contributed by atoms with Gasteiger partial charge in [0.2, 0.25) is 0 Å². The van der Waals surface area contributed by atoms with E-state index in [1.165, 1.54) is 16.5 Å². The van der Waals surface area contributed by atoms with Gasteiger partial charge in [-0.2, -0.15) is 0 Å². The van der Waals surface area contributed by atoms with Gasteiger partial charge < -0.3 is 20.4 Å². The summed E-state index contributed by atoms with van der Waals surface area (Å²) >= 11 is 0. The van der Waals surface area contributed by atoms with Crippen molar-refractivity contribution in [1.82, 2.24) is 15.6 Å². The van der Waals surface area contributed by atoms with Gasteiger partial charge in [0.15, 0.2) is 5.96 Å². The lowest BCUT2D eigenvalue weighted by molar-refractivity contribution is 0.144. The Bertz CT molecular complexity index is 621. The molecule has 1 aromatic heterocycles. The van der Waals surface area contributed by atoms with E-state index in [0.29, 0.717) is 0 Å². The Kier molecular flexibility index (Phi) is 8.18. The van der Waals surface area contributed by atoms with Gasteiger partial charge in [-0.3, -0.25) is 4.99 Å². The van der Waals surface area contributed by atoms with Crippen molar-refractivity contribution < 1.29 is 4.74 Å². The average Bonchev–Trinajstić information content (AvgIpc) is 3.01. The molecule has 0 fully saturated rings. The van der Waals surface area contributed by atoms with Crippen LogP contribution in [0, 0.1) is 0 Å². The summed E-state index contributed by atoms with van der Waals surface area (Å²) in [6.45, 7) is 8.31. The number of ether oxygens (including phenoxy) is 1. The molecule has 2 aromatic rings. The van der Waals surface area contributed by atoms with Crippen LogP contribution in [-0.2, 0) is 11.2 Å². The Morgan fingerprint density at radius 1 is 1.17 bits per heavy atom. The summed E-state index contributed by atoms with van der Waals surface area (Å²) in [4.78, 5) is 7.95. The zero-order valence-corrected chi connectivity index (χ0v) is 14.9. The van der Waals surface area contributed by atoms with E-state index in [4.69, 9.17) is 4.74 Å². The van der Waals surface area contributed by atoms with E-state index in [1.54, 1.807) is 0 Å². The minimum Gasteiger partial charge on any atom is -0.382 e. The molecule has 0 unspecified atom stereocenters. The van der Waals surface area contributed by atoms with Gasteiger partial charge in [-0.1, -0.05) is 18.2 Å². The fraction of sp³-hybridized carbons (Fsp3) is 0.526. The number of aliphatic imine (C=N–C) groups is 1. The van der Waals surface area contributed by atoms with Crippen LogP contribution in [0.5, 0.6) is 0 Å². The van der Waals surface area contributed by atoms with Crippen molar-refractivity contribution in [3.63, 3.8) is 0 Å². The molecule has 132 valence electrons. The second kappa shape index (κ2) is 10.7. The maximum Gasteiger partial charge on any atom is 0.191 e. The molecule has 0 aliphatic heterocycles. The smallest absolute Gasteiger partial charge is 0.191 e. The Balaban J connectivity index is 1.76. The predicted octanol–water partition coefficient (Wildman–Crippen LogP) is 3.08. The van der Waals surface area contributed by atoms with Crippen LogP contribution in [0.15, 0.2) is 35.5 Å². The zero-order chi connectivity index (χ0) is 17.0. The van der Waals surface area contributed by atoms with Gasteiger partial charge in [0.05, 0.1) is 0 Å². The maximum atomic E-state index is 5.35. The molecule has 3 N–H and O–H groups in total. The van der Waals surface area contributed by atoms with Gasteiger partial charge >= 0.3 is 0 Å². The van der Waals surface area contributed by atoms with E-state index in [9.17, 15) is 0 Å². The highest BCUT2D eigenvalue weighted by Gasteiger charge is 2.03. The Hall–Kier alpha value is -2.01. The predicted molar refractivity (Wildman–Crippen MR) is 102 cm³/mol. The van der Waals surface area contributed by atoms with Crippen molar-refractivity contribution in [3.05, 3.63) is 36.0 Å². The first-order valence-electron chi connectivity index (χ1n) is 9.00. The van der Waals surface area contributed by atoms with E-state index in [1.807, 2.05) is 6.92 Å². The van der Waals surface area contributed by atoms with Crippen LogP contribution >= 0.6 is 0 Å². The third kappa shape index (κ3) is 5.89. The number of H-pyrrole nitrogens is 1. The molecule has 0 bridgehead atoms. The molecular weight excluding hydrogens is 300 g/mol. The highest BCUT2D eigenvalue weighted by Crippen LogP contribution is 2.17. The number of aromatic amines is 1. The molecule has 0 aliphatic rings. The van der Waals surface area contributed by atoms with E-state index in [-0.39, 0.29) is 0 Å². The number of para-hydroxylation sites is 1. The van der Waals surface area contributed by atoms with Crippen molar-refractivity contribution >= 4 is 16.9 Å². The molecule has 24 heavy (non-hydrogen) atoms. The summed E-state index contributed by atoms with van der Waals surface area (Å²) in [6.07, 6.45) is 5.19. The molecule has 0 amide bonds. The number of nitrogens with zero attached hydrogens (tertiary/aromatic N) is 1. The van der Waals surface area contributed by atoms with Crippen LogP contribution in [0.3, 0.4) is 0 Å². The van der Waals surface area contributed by atoms with Gasteiger partial charge in [0, 0.05) is 49.9 Å². The van der Waals surface area contributed by atoms with Crippen LogP contribution in [-0.4, -0.2) is 43.8 Å². The molecule has 0 saturated carbocycles. The summed E-state index contributed by atoms with van der Waals surface area (Å²) < 4.78 is 5.35. The molecular formula is C19H30N4O. The minimum atomic E-state index is 0.793. The van der Waals surface area contributed by atoms with Crippen LogP contribution in [0.25, 0.3) is 10.9 Å². The molecule has 0 radical (unpaired) electrons. The molecule has 0 atom stereocenters. The summed E-state index contributed by atoms with van der Waals surface area (Å²) in [5.74, 6) is 0.897. The fourth-order valence-corrected chi connectivity index (χ4v) is 2.65. The minimum absolute atomic E-state index is 0.793. The fourth-order valence-electron chi connectivity index (χ4n) is 2.65. The van der Waals surface area contributed by atoms with Crippen molar-refractivity contribution in [2.24, 2.45) is 4.99 Å². The summed E-state index contributed by atoms with van der Waals surface area (Å²) in [5, 5.41) is 8.02. The number of benzene rings is 1. The first kappa shape index (κ1) is 18.3. The van der Waals surface area contributed by atoms with Crippen molar-refractivity contribution in [3.8, 4) is 0 Å². The number of hydrogen-bond acceptors (Lipinski definition) is 2. The van der Waals surface area contributed by atoms with E-state index >= 15 is 0 Å². The largest absolute Gasteiger partial charge is 0.382 e. The Labute approximate surface area is 144 Å². The number of fused-ring (bicyclic) bond motifs is 1. The number of hydrogen-bond donors (Lipinski definition) is 3. The van der Waals surface area contributed by atoms with Crippen LogP contribution in [0.1, 0.15) is 32.3 Å². The van der Waals surface area contributed by atoms with Crippen molar-refractivity contribution in [2.45, 2.75) is 33.1 Å². The van der Waals surface area contributed by atoms with Crippen LogP contribution in [0.4, 0.5) is 0 Å². The summed E-state index contributed by atoms with van der Waals surface area (Å²) in [7, 11) is 0. The lowest BCUT2D eigenvalue weighted by atomic mass is 10.1. The van der Waals surface area contributed by atoms with Gasteiger partial charge in [-0.05, 0) is 44.7 Å². The highest BCUT2D eigenvalue weighted by atomic mass is 16.5. The topological polar surface area (TPSA) is 61.4 Å². The molecule has 1 heterocycles. The summed E-state index contributed by atoms with van der Waals surface area (Å²) in [5.41, 5.74) is 2.54. The zero-order valence-electron chi connectivity index (χ0n) is 14.9. The molecule has 0 saturated heterocycles. The third-order valence-electron chi connectivity index (χ3n) is 3.88. The molecule has 2 rings (SSSR count). The number of rotatable bonds is 10. The van der Waals surface area contributed by atoms with Crippen LogP contribution in [0.2, 0.25) is 0 Å². The van der Waals surface area contributed by atoms with Crippen LogP contribution < -0.4 is 10.6 Å². The second-order valence-corrected chi connectivity index (χ2v) is 5.70. The molecule has 1 aromatic carbocycles. The van der Waals surface area contributed by atoms with Gasteiger partial charge in [-0.25, -0.2) is 0 Å². The number of guanidine groups is 1. The maximum absolute atomic E-state index is 5.35. The quantitative estimate of drug-likeness (QED) is 0.356.